The molecule has 3 heterocycles. The third-order valence-electron chi connectivity index (χ3n) is 5.72. The largest absolute Gasteiger partial charge is 0.335 e. The molecule has 0 atom stereocenters. The second-order valence-electron chi connectivity index (χ2n) is 7.50. The van der Waals surface area contributed by atoms with Crippen molar-refractivity contribution in [2.45, 2.75) is 33.9 Å². The Hall–Kier alpha value is -2.93. The number of hydrogen-bond acceptors (Lipinski definition) is 4. The van der Waals surface area contributed by atoms with Gasteiger partial charge in [0.15, 0.2) is 0 Å². The molecule has 3 aromatic rings. The van der Waals surface area contributed by atoms with Gasteiger partial charge in [0.2, 0.25) is 0 Å². The third kappa shape index (κ3) is 3.82. The van der Waals surface area contributed by atoms with E-state index in [0.29, 0.717) is 12.2 Å². The summed E-state index contributed by atoms with van der Waals surface area (Å²) in [5.41, 5.74) is 5.28. The van der Waals surface area contributed by atoms with Gasteiger partial charge in [-0.1, -0.05) is 18.2 Å². The van der Waals surface area contributed by atoms with E-state index in [4.69, 9.17) is 5.10 Å². The number of benzene rings is 1. The van der Waals surface area contributed by atoms with Crippen LogP contribution in [0, 0.1) is 13.8 Å². The number of aromatic nitrogens is 4. The summed E-state index contributed by atoms with van der Waals surface area (Å²) in [5.74, 6) is 0.0771. The Kier molecular flexibility index (Phi) is 5.49. The first kappa shape index (κ1) is 19.4. The maximum Gasteiger partial charge on any atom is 0.272 e. The Morgan fingerprint density at radius 3 is 2.45 bits per heavy atom. The Morgan fingerprint density at radius 2 is 1.76 bits per heavy atom. The van der Waals surface area contributed by atoms with E-state index < -0.39 is 0 Å². The number of amides is 1. The van der Waals surface area contributed by atoms with Gasteiger partial charge in [0.1, 0.15) is 5.69 Å². The predicted molar refractivity (Wildman–Crippen MR) is 112 cm³/mol. The van der Waals surface area contributed by atoms with Gasteiger partial charge in [-0.25, -0.2) is 4.68 Å². The fourth-order valence-corrected chi connectivity index (χ4v) is 3.99. The van der Waals surface area contributed by atoms with Crippen LogP contribution in [-0.2, 0) is 13.1 Å². The number of carbonyl (C=O) groups excluding carboxylic acids is 1. The molecule has 1 amide bonds. The molecule has 1 aliphatic heterocycles. The number of para-hydroxylation sites is 1. The van der Waals surface area contributed by atoms with Crippen LogP contribution in [0.5, 0.6) is 0 Å². The zero-order valence-corrected chi connectivity index (χ0v) is 17.4. The third-order valence-corrected chi connectivity index (χ3v) is 5.72. The lowest BCUT2D eigenvalue weighted by Crippen LogP contribution is -2.48. The lowest BCUT2D eigenvalue weighted by Gasteiger charge is -2.34. The number of hydrogen-bond donors (Lipinski definition) is 0. The van der Waals surface area contributed by atoms with E-state index in [0.717, 1.165) is 44.1 Å². The Morgan fingerprint density at radius 1 is 1.03 bits per heavy atom. The van der Waals surface area contributed by atoms with E-state index in [9.17, 15) is 4.79 Å². The molecule has 1 aromatic carbocycles. The van der Waals surface area contributed by atoms with Crippen molar-refractivity contribution in [3.63, 3.8) is 0 Å². The standard InChI is InChI=1S/C22H28N6O/c1-4-27-21(10-11-23-27)22(29)26-14-12-25(13-15-26)16-20-17(2)24-28(18(20)3)19-8-6-5-7-9-19/h5-11H,4,12-16H2,1-3H3. The van der Waals surface area contributed by atoms with Crippen molar-refractivity contribution in [3.8, 4) is 5.69 Å². The molecule has 0 N–H and O–H groups in total. The average Bonchev–Trinajstić information content (AvgIpc) is 3.34. The fraction of sp³-hybridized carbons (Fsp3) is 0.409. The molecule has 0 spiro atoms. The summed E-state index contributed by atoms with van der Waals surface area (Å²) in [6.45, 7) is 11.0. The highest BCUT2D eigenvalue weighted by molar-refractivity contribution is 5.92. The molecule has 1 aliphatic rings. The average molecular weight is 393 g/mol. The van der Waals surface area contributed by atoms with Gasteiger partial charge in [0.05, 0.1) is 11.4 Å². The highest BCUT2D eigenvalue weighted by atomic mass is 16.2. The number of rotatable bonds is 5. The lowest BCUT2D eigenvalue weighted by molar-refractivity contribution is 0.0616. The second kappa shape index (κ2) is 8.21. The minimum Gasteiger partial charge on any atom is -0.335 e. The van der Waals surface area contributed by atoms with E-state index in [2.05, 4.69) is 36.0 Å². The van der Waals surface area contributed by atoms with Gasteiger partial charge < -0.3 is 4.90 Å². The zero-order valence-electron chi connectivity index (χ0n) is 17.4. The van der Waals surface area contributed by atoms with Crippen molar-refractivity contribution >= 4 is 5.91 Å². The van der Waals surface area contributed by atoms with Crippen LogP contribution >= 0.6 is 0 Å². The molecule has 2 aromatic heterocycles. The lowest BCUT2D eigenvalue weighted by atomic mass is 10.1. The van der Waals surface area contributed by atoms with Crippen molar-refractivity contribution in [2.75, 3.05) is 26.2 Å². The smallest absolute Gasteiger partial charge is 0.272 e. The summed E-state index contributed by atoms with van der Waals surface area (Å²) >= 11 is 0. The molecular weight excluding hydrogens is 364 g/mol. The molecule has 152 valence electrons. The molecule has 4 rings (SSSR count). The molecular formula is C22H28N6O. The molecule has 1 saturated heterocycles. The van der Waals surface area contributed by atoms with Crippen LogP contribution in [0.25, 0.3) is 5.69 Å². The first-order valence-electron chi connectivity index (χ1n) is 10.2. The van der Waals surface area contributed by atoms with Crippen molar-refractivity contribution in [1.82, 2.24) is 29.4 Å². The molecule has 0 aliphatic carbocycles. The predicted octanol–water partition coefficient (Wildman–Crippen LogP) is 2.66. The van der Waals surface area contributed by atoms with E-state index in [1.165, 1.54) is 11.3 Å². The van der Waals surface area contributed by atoms with Crippen LogP contribution in [0.15, 0.2) is 42.6 Å². The maximum absolute atomic E-state index is 12.8. The Balaban J connectivity index is 1.42. The molecule has 1 fully saturated rings. The SMILES string of the molecule is CCn1nccc1C(=O)N1CCN(Cc2c(C)nn(-c3ccccc3)c2C)CC1. The van der Waals surface area contributed by atoms with E-state index in [-0.39, 0.29) is 5.91 Å². The summed E-state index contributed by atoms with van der Waals surface area (Å²) in [7, 11) is 0. The first-order valence-corrected chi connectivity index (χ1v) is 10.2. The minimum atomic E-state index is 0.0771. The summed E-state index contributed by atoms with van der Waals surface area (Å²) in [6, 6.07) is 12.1. The van der Waals surface area contributed by atoms with Crippen LogP contribution in [0.1, 0.15) is 34.4 Å². The maximum atomic E-state index is 12.8. The Labute approximate surface area is 171 Å². The highest BCUT2D eigenvalue weighted by Gasteiger charge is 2.25. The monoisotopic (exact) mass is 392 g/mol. The van der Waals surface area contributed by atoms with Crippen LogP contribution in [0.2, 0.25) is 0 Å². The van der Waals surface area contributed by atoms with E-state index >= 15 is 0 Å². The molecule has 0 saturated carbocycles. The van der Waals surface area contributed by atoms with Crippen LogP contribution < -0.4 is 0 Å². The molecule has 0 radical (unpaired) electrons. The van der Waals surface area contributed by atoms with Gasteiger partial charge in [0.25, 0.3) is 5.91 Å². The normalized spacial score (nSPS) is 15.1. The van der Waals surface area contributed by atoms with Gasteiger partial charge >= 0.3 is 0 Å². The number of aryl methyl sites for hydroxylation is 2. The number of carbonyl (C=O) groups is 1. The van der Waals surface area contributed by atoms with Crippen molar-refractivity contribution < 1.29 is 4.79 Å². The van der Waals surface area contributed by atoms with Gasteiger partial charge in [-0.15, -0.1) is 0 Å². The Bertz CT molecular complexity index is 982. The van der Waals surface area contributed by atoms with Gasteiger partial charge in [-0.2, -0.15) is 10.2 Å². The summed E-state index contributed by atoms with van der Waals surface area (Å²) in [4.78, 5) is 17.2. The topological polar surface area (TPSA) is 59.2 Å². The van der Waals surface area contributed by atoms with Crippen LogP contribution in [0.4, 0.5) is 0 Å². The minimum absolute atomic E-state index is 0.0771. The van der Waals surface area contributed by atoms with Crippen LogP contribution in [-0.4, -0.2) is 61.4 Å². The van der Waals surface area contributed by atoms with Gasteiger partial charge in [-0.3, -0.25) is 14.4 Å². The van der Waals surface area contributed by atoms with Crippen molar-refractivity contribution in [1.29, 1.82) is 0 Å². The van der Waals surface area contributed by atoms with Crippen LogP contribution in [0.3, 0.4) is 0 Å². The summed E-state index contributed by atoms with van der Waals surface area (Å²) in [6.07, 6.45) is 1.70. The van der Waals surface area contributed by atoms with Crippen molar-refractivity contribution in [3.05, 3.63) is 65.2 Å². The molecule has 7 heteroatoms. The summed E-state index contributed by atoms with van der Waals surface area (Å²) in [5, 5.41) is 8.98. The molecule has 7 nitrogen and oxygen atoms in total. The molecule has 0 bridgehead atoms. The molecule has 29 heavy (non-hydrogen) atoms. The van der Waals surface area contributed by atoms with E-state index in [1.54, 1.807) is 10.9 Å². The number of piperazine rings is 1. The second-order valence-corrected chi connectivity index (χ2v) is 7.50. The summed E-state index contributed by atoms with van der Waals surface area (Å²) < 4.78 is 3.79. The van der Waals surface area contributed by atoms with E-state index in [1.807, 2.05) is 40.8 Å². The molecule has 0 unspecified atom stereocenters. The van der Waals surface area contributed by atoms with Gasteiger partial charge in [-0.05, 0) is 39.0 Å². The van der Waals surface area contributed by atoms with Gasteiger partial charge in [0, 0.05) is 56.7 Å². The highest BCUT2D eigenvalue weighted by Crippen LogP contribution is 2.20. The first-order chi connectivity index (χ1) is 14.1. The zero-order chi connectivity index (χ0) is 20.4. The number of nitrogens with zero attached hydrogens (tertiary/aromatic N) is 6. The quantitative estimate of drug-likeness (QED) is 0.670. The fourth-order valence-electron chi connectivity index (χ4n) is 3.99. The van der Waals surface area contributed by atoms with Crippen molar-refractivity contribution in [2.24, 2.45) is 0 Å².